The van der Waals surface area contributed by atoms with E-state index in [0.29, 0.717) is 12.5 Å². The van der Waals surface area contributed by atoms with E-state index in [9.17, 15) is 0 Å². The molecule has 1 aliphatic heterocycles. The SMILES string of the molecule is OC[C@@H]1CCN(c2nc3ccccc3s2)C1. The maximum absolute atomic E-state index is 9.13. The van der Waals surface area contributed by atoms with E-state index in [1.54, 1.807) is 11.3 Å². The molecule has 4 heteroatoms. The van der Waals surface area contributed by atoms with Crippen LogP contribution in [0.25, 0.3) is 10.2 Å². The van der Waals surface area contributed by atoms with Crippen molar-refractivity contribution in [2.75, 3.05) is 24.6 Å². The van der Waals surface area contributed by atoms with E-state index in [4.69, 9.17) is 5.11 Å². The van der Waals surface area contributed by atoms with Crippen LogP contribution in [0.4, 0.5) is 5.13 Å². The monoisotopic (exact) mass is 234 g/mol. The first-order valence-corrected chi connectivity index (χ1v) is 6.40. The molecule has 1 aromatic heterocycles. The average molecular weight is 234 g/mol. The summed E-state index contributed by atoms with van der Waals surface area (Å²) in [6.07, 6.45) is 1.08. The van der Waals surface area contributed by atoms with Crippen LogP contribution in [0.1, 0.15) is 6.42 Å². The summed E-state index contributed by atoms with van der Waals surface area (Å²) in [6.45, 7) is 2.25. The molecule has 1 saturated heterocycles. The van der Waals surface area contributed by atoms with Gasteiger partial charge in [-0.05, 0) is 18.6 Å². The van der Waals surface area contributed by atoms with Crippen LogP contribution in [0.15, 0.2) is 24.3 Å². The Labute approximate surface area is 98.3 Å². The summed E-state index contributed by atoms with van der Waals surface area (Å²) in [7, 11) is 0. The number of aliphatic hydroxyl groups is 1. The van der Waals surface area contributed by atoms with Crippen LogP contribution in [0.2, 0.25) is 0 Å². The summed E-state index contributed by atoms with van der Waals surface area (Å²) < 4.78 is 1.24. The number of thiazole rings is 1. The summed E-state index contributed by atoms with van der Waals surface area (Å²) >= 11 is 1.74. The number of benzene rings is 1. The molecule has 1 atom stereocenters. The van der Waals surface area contributed by atoms with Crippen molar-refractivity contribution >= 4 is 26.7 Å². The molecule has 1 aliphatic rings. The Bertz CT molecular complexity index is 463. The maximum Gasteiger partial charge on any atom is 0.186 e. The molecule has 2 heterocycles. The minimum Gasteiger partial charge on any atom is -0.396 e. The Hall–Kier alpha value is -1.13. The van der Waals surface area contributed by atoms with Crippen molar-refractivity contribution in [1.29, 1.82) is 0 Å². The molecule has 1 aromatic carbocycles. The van der Waals surface area contributed by atoms with Crippen molar-refractivity contribution in [3.8, 4) is 0 Å². The third kappa shape index (κ3) is 1.68. The van der Waals surface area contributed by atoms with Gasteiger partial charge in [-0.15, -0.1) is 0 Å². The predicted molar refractivity (Wildman–Crippen MR) is 67.0 cm³/mol. The number of aromatic nitrogens is 1. The van der Waals surface area contributed by atoms with Crippen LogP contribution in [0, 0.1) is 5.92 Å². The number of hydrogen-bond acceptors (Lipinski definition) is 4. The highest BCUT2D eigenvalue weighted by atomic mass is 32.1. The van der Waals surface area contributed by atoms with Gasteiger partial charge in [-0.25, -0.2) is 4.98 Å². The van der Waals surface area contributed by atoms with Gasteiger partial charge in [0.25, 0.3) is 0 Å². The van der Waals surface area contributed by atoms with Gasteiger partial charge in [0.1, 0.15) is 0 Å². The lowest BCUT2D eigenvalue weighted by atomic mass is 10.1. The highest BCUT2D eigenvalue weighted by Crippen LogP contribution is 2.31. The topological polar surface area (TPSA) is 36.4 Å². The van der Waals surface area contributed by atoms with Crippen LogP contribution in [0.5, 0.6) is 0 Å². The summed E-state index contributed by atoms with van der Waals surface area (Å²) in [5, 5.41) is 10.2. The Balaban J connectivity index is 1.89. The maximum atomic E-state index is 9.13. The molecule has 0 aliphatic carbocycles. The van der Waals surface area contributed by atoms with E-state index in [1.165, 1.54) is 4.70 Å². The Kier molecular flexibility index (Phi) is 2.53. The van der Waals surface area contributed by atoms with Gasteiger partial charge >= 0.3 is 0 Å². The smallest absolute Gasteiger partial charge is 0.186 e. The minimum absolute atomic E-state index is 0.293. The molecular formula is C12H14N2OS. The minimum atomic E-state index is 0.293. The molecule has 2 aromatic rings. The third-order valence-electron chi connectivity index (χ3n) is 3.10. The van der Waals surface area contributed by atoms with Crippen LogP contribution >= 0.6 is 11.3 Å². The second kappa shape index (κ2) is 4.03. The van der Waals surface area contributed by atoms with Crippen LogP contribution in [-0.2, 0) is 0 Å². The Morgan fingerprint density at radius 1 is 1.44 bits per heavy atom. The van der Waals surface area contributed by atoms with E-state index < -0.39 is 0 Å². The van der Waals surface area contributed by atoms with Crippen molar-refractivity contribution in [2.24, 2.45) is 5.92 Å². The van der Waals surface area contributed by atoms with Crippen molar-refractivity contribution in [2.45, 2.75) is 6.42 Å². The predicted octanol–water partition coefficient (Wildman–Crippen LogP) is 2.11. The van der Waals surface area contributed by atoms with Crippen molar-refractivity contribution in [3.05, 3.63) is 24.3 Å². The second-order valence-electron chi connectivity index (χ2n) is 4.25. The zero-order chi connectivity index (χ0) is 11.0. The fourth-order valence-electron chi connectivity index (χ4n) is 2.15. The fraction of sp³-hybridized carbons (Fsp3) is 0.417. The van der Waals surface area contributed by atoms with Gasteiger partial charge < -0.3 is 10.0 Å². The second-order valence-corrected chi connectivity index (χ2v) is 5.26. The van der Waals surface area contributed by atoms with Crippen molar-refractivity contribution < 1.29 is 5.11 Å². The summed E-state index contributed by atoms with van der Waals surface area (Å²) in [6, 6.07) is 8.22. The third-order valence-corrected chi connectivity index (χ3v) is 4.19. The molecule has 0 unspecified atom stereocenters. The van der Waals surface area contributed by atoms with Crippen LogP contribution in [0.3, 0.4) is 0 Å². The Morgan fingerprint density at radius 3 is 3.06 bits per heavy atom. The summed E-state index contributed by atoms with van der Waals surface area (Å²) in [4.78, 5) is 6.91. The number of fused-ring (bicyclic) bond motifs is 1. The highest BCUT2D eigenvalue weighted by Gasteiger charge is 2.23. The first-order chi connectivity index (χ1) is 7.86. The van der Waals surface area contributed by atoms with Gasteiger partial charge in [0.15, 0.2) is 5.13 Å². The molecule has 16 heavy (non-hydrogen) atoms. The highest BCUT2D eigenvalue weighted by molar-refractivity contribution is 7.22. The lowest BCUT2D eigenvalue weighted by Crippen LogP contribution is -2.20. The lowest BCUT2D eigenvalue weighted by Gasteiger charge is -2.13. The van der Waals surface area contributed by atoms with Crippen LogP contribution < -0.4 is 4.90 Å². The van der Waals surface area contributed by atoms with Crippen molar-refractivity contribution in [1.82, 2.24) is 4.98 Å². The van der Waals surface area contributed by atoms with E-state index in [-0.39, 0.29) is 0 Å². The van der Waals surface area contributed by atoms with Gasteiger partial charge in [0, 0.05) is 25.6 Å². The van der Waals surface area contributed by atoms with Gasteiger partial charge in [-0.1, -0.05) is 23.5 Å². The first-order valence-electron chi connectivity index (χ1n) is 5.58. The quantitative estimate of drug-likeness (QED) is 0.864. The van der Waals surface area contributed by atoms with E-state index in [0.717, 1.165) is 30.2 Å². The number of rotatable bonds is 2. The number of aliphatic hydroxyl groups excluding tert-OH is 1. The summed E-state index contributed by atoms with van der Waals surface area (Å²) in [5.74, 6) is 0.423. The number of hydrogen-bond donors (Lipinski definition) is 1. The van der Waals surface area contributed by atoms with E-state index in [1.807, 2.05) is 12.1 Å². The molecule has 1 fully saturated rings. The molecule has 0 radical (unpaired) electrons. The zero-order valence-corrected chi connectivity index (χ0v) is 9.78. The summed E-state index contributed by atoms with van der Waals surface area (Å²) in [5.41, 5.74) is 1.08. The lowest BCUT2D eigenvalue weighted by molar-refractivity contribution is 0.238. The van der Waals surface area contributed by atoms with E-state index >= 15 is 0 Å². The van der Waals surface area contributed by atoms with Gasteiger partial charge in [-0.3, -0.25) is 0 Å². The number of anilines is 1. The zero-order valence-electron chi connectivity index (χ0n) is 8.97. The average Bonchev–Trinajstić information content (AvgIpc) is 2.95. The molecule has 0 saturated carbocycles. The molecule has 84 valence electrons. The van der Waals surface area contributed by atoms with Gasteiger partial charge in [0.05, 0.1) is 10.2 Å². The molecule has 0 amide bonds. The molecule has 0 bridgehead atoms. The Morgan fingerprint density at radius 2 is 2.31 bits per heavy atom. The number of nitrogens with zero attached hydrogens (tertiary/aromatic N) is 2. The van der Waals surface area contributed by atoms with Crippen molar-refractivity contribution in [3.63, 3.8) is 0 Å². The van der Waals surface area contributed by atoms with Gasteiger partial charge in [0.2, 0.25) is 0 Å². The molecule has 3 rings (SSSR count). The first kappa shape index (κ1) is 10.1. The molecule has 3 nitrogen and oxygen atoms in total. The van der Waals surface area contributed by atoms with Gasteiger partial charge in [-0.2, -0.15) is 0 Å². The molecular weight excluding hydrogens is 220 g/mol. The number of para-hydroxylation sites is 1. The van der Waals surface area contributed by atoms with Crippen LogP contribution in [-0.4, -0.2) is 29.8 Å². The van der Waals surface area contributed by atoms with E-state index in [2.05, 4.69) is 22.0 Å². The fourth-order valence-corrected chi connectivity index (χ4v) is 3.15. The normalized spacial score (nSPS) is 20.8. The molecule has 0 spiro atoms. The largest absolute Gasteiger partial charge is 0.396 e. The standard InChI is InChI=1S/C12H14N2OS/c15-8-9-5-6-14(7-9)12-13-10-3-1-2-4-11(10)16-12/h1-4,9,15H,5-8H2/t9-/m1/s1. The molecule has 1 N–H and O–H groups in total.